The molecule has 0 amide bonds. The van der Waals surface area contributed by atoms with Crippen molar-refractivity contribution in [2.24, 2.45) is 10.7 Å². The minimum Gasteiger partial charge on any atom is -0.493 e. The van der Waals surface area contributed by atoms with Crippen molar-refractivity contribution in [1.29, 1.82) is 0 Å². The fourth-order valence-corrected chi connectivity index (χ4v) is 4.06. The average Bonchev–Trinajstić information content (AvgIpc) is 3.14. The maximum Gasteiger partial charge on any atom is 0.191 e. The first-order valence-corrected chi connectivity index (χ1v) is 9.88. The van der Waals surface area contributed by atoms with Crippen LogP contribution >= 0.6 is 35.7 Å². The number of rotatable bonds is 5. The second-order valence-corrected chi connectivity index (χ2v) is 7.51. The molecule has 3 rings (SSSR count). The smallest absolute Gasteiger partial charge is 0.191 e. The average molecular weight is 477 g/mol. The summed E-state index contributed by atoms with van der Waals surface area (Å²) in [6, 6.07) is 6.05. The fraction of sp³-hybridized carbons (Fsp3) is 0.611. The number of hydrogen-bond donors (Lipinski definition) is 1. The molecule has 1 saturated carbocycles. The Hall–Kier alpha value is -0.830. The minimum absolute atomic E-state index is 0. The highest BCUT2D eigenvalue weighted by molar-refractivity contribution is 14.0. The maximum atomic E-state index is 6.12. The molecule has 0 bridgehead atoms. The van der Waals surface area contributed by atoms with E-state index >= 15 is 0 Å². The summed E-state index contributed by atoms with van der Waals surface area (Å²) in [5.41, 5.74) is 7.20. The molecule has 0 radical (unpaired) electrons. The van der Waals surface area contributed by atoms with Gasteiger partial charge in [0.2, 0.25) is 0 Å². The SMILES string of the molecule is COc1cc(CN=C(N)N2CCSCC2)ccc1OC1CCCC1.I. The number of nitrogens with two attached hydrogens (primary N) is 1. The van der Waals surface area contributed by atoms with E-state index in [9.17, 15) is 0 Å². The van der Waals surface area contributed by atoms with E-state index in [-0.39, 0.29) is 24.0 Å². The Labute approximate surface area is 171 Å². The third-order valence-electron chi connectivity index (χ3n) is 4.58. The quantitative estimate of drug-likeness (QED) is 0.400. The van der Waals surface area contributed by atoms with Gasteiger partial charge in [0.1, 0.15) is 0 Å². The van der Waals surface area contributed by atoms with Crippen molar-refractivity contribution in [3.63, 3.8) is 0 Å². The molecule has 25 heavy (non-hydrogen) atoms. The lowest BCUT2D eigenvalue weighted by atomic mass is 10.2. The summed E-state index contributed by atoms with van der Waals surface area (Å²) in [4.78, 5) is 6.70. The van der Waals surface area contributed by atoms with E-state index < -0.39 is 0 Å². The molecular weight excluding hydrogens is 449 g/mol. The standard InChI is InChI=1S/C18H27N3O2S.HI/c1-22-17-12-14(6-7-16(17)23-15-4-2-3-5-15)13-20-18(19)21-8-10-24-11-9-21;/h6-7,12,15H,2-5,8-11,13H2,1H3,(H2,19,20);1H. The molecule has 2 N–H and O–H groups in total. The molecule has 0 atom stereocenters. The molecular formula is C18H28IN3O2S. The second kappa shape index (κ2) is 10.4. The van der Waals surface area contributed by atoms with Crippen LogP contribution in [0.3, 0.4) is 0 Å². The van der Waals surface area contributed by atoms with Gasteiger partial charge in [0.05, 0.1) is 19.8 Å². The van der Waals surface area contributed by atoms with Gasteiger partial charge < -0.3 is 20.1 Å². The van der Waals surface area contributed by atoms with Crippen molar-refractivity contribution >= 4 is 41.7 Å². The van der Waals surface area contributed by atoms with Crippen LogP contribution in [-0.2, 0) is 6.54 Å². The summed E-state index contributed by atoms with van der Waals surface area (Å²) in [7, 11) is 1.68. The van der Waals surface area contributed by atoms with Crippen LogP contribution in [0.4, 0.5) is 0 Å². The predicted molar refractivity (Wildman–Crippen MR) is 116 cm³/mol. The maximum absolute atomic E-state index is 6.12. The van der Waals surface area contributed by atoms with Gasteiger partial charge in [-0.3, -0.25) is 0 Å². The van der Waals surface area contributed by atoms with E-state index in [1.54, 1.807) is 7.11 Å². The van der Waals surface area contributed by atoms with Gasteiger partial charge in [0.25, 0.3) is 0 Å². The summed E-state index contributed by atoms with van der Waals surface area (Å²) in [6.45, 7) is 2.53. The van der Waals surface area contributed by atoms with Gasteiger partial charge in [-0.2, -0.15) is 11.8 Å². The molecule has 0 spiro atoms. The number of nitrogens with zero attached hydrogens (tertiary/aromatic N) is 2. The van der Waals surface area contributed by atoms with Gasteiger partial charge in [-0.15, -0.1) is 24.0 Å². The molecule has 2 fully saturated rings. The number of halogens is 1. The third kappa shape index (κ3) is 5.84. The van der Waals surface area contributed by atoms with Crippen molar-refractivity contribution in [3.8, 4) is 11.5 Å². The monoisotopic (exact) mass is 477 g/mol. The molecule has 1 heterocycles. The molecule has 7 heteroatoms. The van der Waals surface area contributed by atoms with Crippen LogP contribution in [0.15, 0.2) is 23.2 Å². The molecule has 140 valence electrons. The van der Waals surface area contributed by atoms with Crippen molar-refractivity contribution in [2.75, 3.05) is 31.7 Å². The Morgan fingerprint density at radius 1 is 1.24 bits per heavy atom. The first kappa shape index (κ1) is 20.5. The lowest BCUT2D eigenvalue weighted by molar-refractivity contribution is 0.200. The number of ether oxygens (including phenoxy) is 2. The highest BCUT2D eigenvalue weighted by Crippen LogP contribution is 2.32. The normalized spacial score (nSPS) is 18.8. The van der Waals surface area contributed by atoms with E-state index in [0.29, 0.717) is 18.6 Å². The summed E-state index contributed by atoms with van der Waals surface area (Å²) in [5, 5.41) is 0. The summed E-state index contributed by atoms with van der Waals surface area (Å²) >= 11 is 1.97. The zero-order valence-electron chi connectivity index (χ0n) is 14.8. The molecule has 1 aromatic carbocycles. The van der Waals surface area contributed by atoms with Crippen LogP contribution in [0.1, 0.15) is 31.2 Å². The summed E-state index contributed by atoms with van der Waals surface area (Å²) < 4.78 is 11.6. The van der Waals surface area contributed by atoms with Gasteiger partial charge >= 0.3 is 0 Å². The van der Waals surface area contributed by atoms with Crippen LogP contribution in [0, 0.1) is 0 Å². The second-order valence-electron chi connectivity index (χ2n) is 6.28. The van der Waals surface area contributed by atoms with Gasteiger partial charge in [0, 0.05) is 24.6 Å². The van der Waals surface area contributed by atoms with E-state index in [1.807, 2.05) is 23.9 Å². The van der Waals surface area contributed by atoms with E-state index in [2.05, 4.69) is 16.0 Å². The molecule has 1 aliphatic heterocycles. The van der Waals surface area contributed by atoms with Gasteiger partial charge in [-0.05, 0) is 43.4 Å². The number of methoxy groups -OCH3 is 1. The zero-order valence-corrected chi connectivity index (χ0v) is 17.9. The molecule has 1 aromatic rings. The van der Waals surface area contributed by atoms with Crippen molar-refractivity contribution in [1.82, 2.24) is 4.90 Å². The Balaban J connectivity index is 0.00000225. The van der Waals surface area contributed by atoms with E-state index in [0.717, 1.165) is 54.5 Å². The number of guanidine groups is 1. The van der Waals surface area contributed by atoms with Gasteiger partial charge in [-0.25, -0.2) is 4.99 Å². The van der Waals surface area contributed by atoms with Crippen LogP contribution in [0.5, 0.6) is 11.5 Å². The largest absolute Gasteiger partial charge is 0.493 e. The van der Waals surface area contributed by atoms with Crippen molar-refractivity contribution in [3.05, 3.63) is 23.8 Å². The van der Waals surface area contributed by atoms with Gasteiger partial charge in [-0.1, -0.05) is 6.07 Å². The molecule has 0 aromatic heterocycles. The van der Waals surface area contributed by atoms with Crippen LogP contribution < -0.4 is 15.2 Å². The third-order valence-corrected chi connectivity index (χ3v) is 5.53. The topological polar surface area (TPSA) is 60.1 Å². The molecule has 0 unspecified atom stereocenters. The zero-order chi connectivity index (χ0) is 16.8. The van der Waals surface area contributed by atoms with Crippen molar-refractivity contribution < 1.29 is 9.47 Å². The van der Waals surface area contributed by atoms with Crippen LogP contribution in [0.25, 0.3) is 0 Å². The lowest BCUT2D eigenvalue weighted by Crippen LogP contribution is -2.42. The molecule has 2 aliphatic rings. The van der Waals surface area contributed by atoms with Crippen molar-refractivity contribution in [2.45, 2.75) is 38.3 Å². The highest BCUT2D eigenvalue weighted by atomic mass is 127. The predicted octanol–water partition coefficient (Wildman–Crippen LogP) is 3.50. The van der Waals surface area contributed by atoms with Crippen LogP contribution in [-0.4, -0.2) is 48.7 Å². The Morgan fingerprint density at radius 3 is 2.64 bits per heavy atom. The highest BCUT2D eigenvalue weighted by Gasteiger charge is 2.18. The Morgan fingerprint density at radius 2 is 1.96 bits per heavy atom. The molecule has 1 aliphatic carbocycles. The van der Waals surface area contributed by atoms with E-state index in [1.165, 1.54) is 12.8 Å². The lowest BCUT2D eigenvalue weighted by Gasteiger charge is -2.27. The number of benzene rings is 1. The summed E-state index contributed by atoms with van der Waals surface area (Å²) in [5.74, 6) is 4.50. The minimum atomic E-state index is 0. The first-order valence-electron chi connectivity index (χ1n) is 8.72. The fourth-order valence-electron chi connectivity index (χ4n) is 3.16. The number of aliphatic imine (C=N–C) groups is 1. The molecule has 5 nitrogen and oxygen atoms in total. The summed E-state index contributed by atoms with van der Waals surface area (Å²) in [6.07, 6.45) is 5.12. The Bertz CT molecular complexity index is 573. The first-order chi connectivity index (χ1) is 11.8. The van der Waals surface area contributed by atoms with Crippen LogP contribution in [0.2, 0.25) is 0 Å². The van der Waals surface area contributed by atoms with Gasteiger partial charge in [0.15, 0.2) is 17.5 Å². The van der Waals surface area contributed by atoms with E-state index in [4.69, 9.17) is 15.2 Å². The Kier molecular flexibility index (Phi) is 8.48. The number of thioether (sulfide) groups is 1. The molecule has 1 saturated heterocycles. The number of hydrogen-bond acceptors (Lipinski definition) is 4.